The molecule has 0 aliphatic carbocycles. The monoisotopic (exact) mass is 385 g/mol. The number of benzene rings is 2. The molecular weight excluding hydrogens is 358 g/mol. The highest BCUT2D eigenvalue weighted by molar-refractivity contribution is 5.56. The second-order valence-corrected chi connectivity index (χ2v) is 7.15. The Bertz CT molecular complexity index is 861. The van der Waals surface area contributed by atoms with Crippen molar-refractivity contribution < 1.29 is 14.4 Å². The lowest BCUT2D eigenvalue weighted by Gasteiger charge is -2.37. The van der Waals surface area contributed by atoms with Crippen LogP contribution in [0.15, 0.2) is 30.3 Å². The van der Waals surface area contributed by atoms with Crippen LogP contribution < -0.4 is 14.4 Å². The molecular formula is C21H27N3O4. The summed E-state index contributed by atoms with van der Waals surface area (Å²) in [4.78, 5) is 15.8. The molecule has 28 heavy (non-hydrogen) atoms. The highest BCUT2D eigenvalue weighted by atomic mass is 16.6. The number of anilines is 1. The summed E-state index contributed by atoms with van der Waals surface area (Å²) >= 11 is 0. The Hall–Kier alpha value is -2.80. The summed E-state index contributed by atoms with van der Waals surface area (Å²) in [6, 6.07) is 9.67. The molecule has 1 saturated heterocycles. The Morgan fingerprint density at radius 2 is 1.64 bits per heavy atom. The number of piperazine rings is 1. The molecule has 0 N–H and O–H groups in total. The largest absolute Gasteiger partial charge is 0.493 e. The van der Waals surface area contributed by atoms with Crippen LogP contribution in [-0.4, -0.2) is 50.2 Å². The van der Waals surface area contributed by atoms with Gasteiger partial charge in [-0.2, -0.15) is 0 Å². The van der Waals surface area contributed by atoms with Gasteiger partial charge >= 0.3 is 0 Å². The minimum absolute atomic E-state index is 0.0645. The van der Waals surface area contributed by atoms with Gasteiger partial charge in [-0.15, -0.1) is 0 Å². The van der Waals surface area contributed by atoms with Gasteiger partial charge in [0.25, 0.3) is 5.69 Å². The first kappa shape index (κ1) is 19.9. The van der Waals surface area contributed by atoms with Crippen LogP contribution in [0.4, 0.5) is 11.4 Å². The van der Waals surface area contributed by atoms with Crippen molar-refractivity contribution in [2.45, 2.75) is 20.4 Å². The number of rotatable bonds is 6. The zero-order valence-electron chi connectivity index (χ0n) is 16.9. The number of hydrogen-bond acceptors (Lipinski definition) is 6. The van der Waals surface area contributed by atoms with Crippen LogP contribution in [0.3, 0.4) is 0 Å². The number of hydrogen-bond donors (Lipinski definition) is 0. The topological polar surface area (TPSA) is 68.1 Å². The predicted molar refractivity (Wildman–Crippen MR) is 110 cm³/mol. The van der Waals surface area contributed by atoms with E-state index in [1.807, 2.05) is 0 Å². The lowest BCUT2D eigenvalue weighted by atomic mass is 10.1. The van der Waals surface area contributed by atoms with Gasteiger partial charge in [0.15, 0.2) is 11.5 Å². The van der Waals surface area contributed by atoms with Crippen molar-refractivity contribution in [3.8, 4) is 11.5 Å². The maximum Gasteiger partial charge on any atom is 0.277 e. The van der Waals surface area contributed by atoms with Crippen molar-refractivity contribution in [1.82, 2.24) is 4.90 Å². The molecule has 1 aliphatic rings. The fraction of sp³-hybridized carbons (Fsp3) is 0.429. The Morgan fingerprint density at radius 3 is 2.25 bits per heavy atom. The number of nitrogens with zero attached hydrogens (tertiary/aromatic N) is 3. The maximum absolute atomic E-state index is 11.5. The Balaban J connectivity index is 1.74. The molecule has 0 amide bonds. The first-order chi connectivity index (χ1) is 13.4. The Morgan fingerprint density at radius 1 is 1.00 bits per heavy atom. The summed E-state index contributed by atoms with van der Waals surface area (Å²) in [6.45, 7) is 8.23. The van der Waals surface area contributed by atoms with Gasteiger partial charge in [-0.1, -0.05) is 12.1 Å². The summed E-state index contributed by atoms with van der Waals surface area (Å²) in [7, 11) is 3.02. The molecule has 0 saturated carbocycles. The van der Waals surface area contributed by atoms with Gasteiger partial charge in [-0.05, 0) is 37.1 Å². The molecule has 0 radical (unpaired) electrons. The second-order valence-electron chi connectivity index (χ2n) is 7.15. The third kappa shape index (κ3) is 4.20. The summed E-state index contributed by atoms with van der Waals surface area (Å²) in [5.74, 6) is 0.884. The number of nitro benzene ring substituents is 1. The molecule has 0 bridgehead atoms. The summed E-state index contributed by atoms with van der Waals surface area (Å²) in [6.07, 6.45) is 0. The lowest BCUT2D eigenvalue weighted by molar-refractivity contribution is -0.385. The molecule has 0 aromatic heterocycles. The highest BCUT2D eigenvalue weighted by Gasteiger charge is 2.24. The minimum atomic E-state index is -0.357. The third-order valence-corrected chi connectivity index (χ3v) is 5.25. The standard InChI is InChI=1S/C21H27N3O4/c1-15-5-6-16(2)18(11-15)23-9-7-22(8-10-23)14-17-12-20(27-3)21(28-4)13-19(17)24(25)26/h5-6,11-13H,7-10,14H2,1-4H3. The molecule has 1 fully saturated rings. The van der Waals surface area contributed by atoms with Crippen molar-refractivity contribution in [2.24, 2.45) is 0 Å². The van der Waals surface area contributed by atoms with Crippen LogP contribution in [0.5, 0.6) is 11.5 Å². The van der Waals surface area contributed by atoms with Gasteiger partial charge < -0.3 is 14.4 Å². The van der Waals surface area contributed by atoms with E-state index in [1.165, 1.54) is 37.1 Å². The lowest BCUT2D eigenvalue weighted by Crippen LogP contribution is -2.46. The molecule has 7 nitrogen and oxygen atoms in total. The summed E-state index contributed by atoms with van der Waals surface area (Å²) in [5, 5.41) is 11.5. The highest BCUT2D eigenvalue weighted by Crippen LogP contribution is 2.35. The van der Waals surface area contributed by atoms with E-state index < -0.39 is 0 Å². The quantitative estimate of drug-likeness (QED) is 0.560. The first-order valence-electron chi connectivity index (χ1n) is 9.36. The van der Waals surface area contributed by atoms with E-state index in [0.717, 1.165) is 26.2 Å². The van der Waals surface area contributed by atoms with Crippen LogP contribution >= 0.6 is 0 Å². The fourth-order valence-electron chi connectivity index (χ4n) is 3.65. The summed E-state index contributed by atoms with van der Waals surface area (Å²) < 4.78 is 10.5. The Labute approximate surface area is 165 Å². The average Bonchev–Trinajstić information content (AvgIpc) is 2.70. The van der Waals surface area contributed by atoms with E-state index >= 15 is 0 Å². The van der Waals surface area contributed by atoms with E-state index in [9.17, 15) is 10.1 Å². The molecule has 1 aliphatic heterocycles. The van der Waals surface area contributed by atoms with Gasteiger partial charge in [0, 0.05) is 44.0 Å². The zero-order valence-corrected chi connectivity index (χ0v) is 16.9. The van der Waals surface area contributed by atoms with Gasteiger partial charge in [0.05, 0.1) is 25.2 Å². The number of ether oxygens (including phenoxy) is 2. The maximum atomic E-state index is 11.5. The van der Waals surface area contributed by atoms with E-state index in [1.54, 1.807) is 6.07 Å². The number of methoxy groups -OCH3 is 2. The van der Waals surface area contributed by atoms with E-state index in [0.29, 0.717) is 23.6 Å². The molecule has 3 rings (SSSR count). The van der Waals surface area contributed by atoms with Crippen LogP contribution in [-0.2, 0) is 6.54 Å². The minimum Gasteiger partial charge on any atom is -0.493 e. The van der Waals surface area contributed by atoms with Crippen LogP contribution in [0.2, 0.25) is 0 Å². The van der Waals surface area contributed by atoms with Gasteiger partial charge in [-0.25, -0.2) is 0 Å². The average molecular weight is 385 g/mol. The fourth-order valence-corrected chi connectivity index (χ4v) is 3.65. The van der Waals surface area contributed by atoms with Crippen LogP contribution in [0, 0.1) is 24.0 Å². The second kappa shape index (κ2) is 8.48. The van der Waals surface area contributed by atoms with Crippen LogP contribution in [0.25, 0.3) is 0 Å². The third-order valence-electron chi connectivity index (χ3n) is 5.25. The van der Waals surface area contributed by atoms with E-state index in [2.05, 4.69) is 41.8 Å². The number of aryl methyl sites for hydroxylation is 2. The molecule has 150 valence electrons. The normalized spacial score (nSPS) is 14.8. The molecule has 0 atom stereocenters. The smallest absolute Gasteiger partial charge is 0.277 e. The molecule has 2 aromatic rings. The molecule has 7 heteroatoms. The Kier molecular flexibility index (Phi) is 6.04. The molecule has 0 spiro atoms. The predicted octanol–water partition coefficient (Wildman–Crippen LogP) is 3.55. The summed E-state index contributed by atoms with van der Waals surface area (Å²) in [5.41, 5.74) is 4.51. The van der Waals surface area contributed by atoms with Crippen molar-refractivity contribution in [2.75, 3.05) is 45.3 Å². The van der Waals surface area contributed by atoms with Crippen molar-refractivity contribution in [3.05, 3.63) is 57.1 Å². The van der Waals surface area contributed by atoms with Crippen LogP contribution in [0.1, 0.15) is 16.7 Å². The van der Waals surface area contributed by atoms with Crippen molar-refractivity contribution in [1.29, 1.82) is 0 Å². The van der Waals surface area contributed by atoms with Gasteiger partial charge in [0.1, 0.15) is 0 Å². The zero-order chi connectivity index (χ0) is 20.3. The van der Waals surface area contributed by atoms with Crippen molar-refractivity contribution in [3.63, 3.8) is 0 Å². The molecule has 2 aromatic carbocycles. The van der Waals surface area contributed by atoms with E-state index in [4.69, 9.17) is 9.47 Å². The molecule has 0 unspecified atom stereocenters. The van der Waals surface area contributed by atoms with Gasteiger partial charge in [0.2, 0.25) is 0 Å². The first-order valence-corrected chi connectivity index (χ1v) is 9.36. The van der Waals surface area contributed by atoms with Gasteiger partial charge in [-0.3, -0.25) is 15.0 Å². The molecule has 1 heterocycles. The van der Waals surface area contributed by atoms with Crippen molar-refractivity contribution >= 4 is 11.4 Å². The van der Waals surface area contributed by atoms with E-state index in [-0.39, 0.29) is 10.6 Å². The SMILES string of the molecule is COc1cc(CN2CCN(c3cc(C)ccc3C)CC2)c([N+](=O)[O-])cc1OC. The number of nitro groups is 1.